The van der Waals surface area contributed by atoms with Gasteiger partial charge in [0.15, 0.2) is 0 Å². The van der Waals surface area contributed by atoms with E-state index in [-0.39, 0.29) is 0 Å². The number of hydrogen-bond donors (Lipinski definition) is 2. The van der Waals surface area contributed by atoms with E-state index in [0.717, 1.165) is 19.5 Å². The van der Waals surface area contributed by atoms with Crippen molar-refractivity contribution in [2.45, 2.75) is 25.4 Å². The van der Waals surface area contributed by atoms with Gasteiger partial charge in [-0.1, -0.05) is 0 Å². The van der Waals surface area contributed by atoms with Gasteiger partial charge < -0.3 is 15.2 Å². The Morgan fingerprint density at radius 1 is 1.64 bits per heavy atom. The van der Waals surface area contributed by atoms with Crippen LogP contribution in [0.4, 0.5) is 0 Å². The third-order valence-electron chi connectivity index (χ3n) is 2.90. The summed E-state index contributed by atoms with van der Waals surface area (Å²) in [5.74, 6) is 0. The molecule has 4 heteroatoms. The van der Waals surface area contributed by atoms with Gasteiger partial charge in [0.1, 0.15) is 0 Å². The molecule has 2 atom stereocenters. The number of H-pyrrole nitrogens is 1. The molecule has 2 N–H and O–H groups in total. The first-order valence-corrected chi connectivity index (χ1v) is 5.16. The topological polar surface area (TPSA) is 44.0 Å². The molecule has 2 rings (SSSR count). The van der Waals surface area contributed by atoms with Crippen molar-refractivity contribution in [1.82, 2.24) is 20.2 Å². The lowest BCUT2D eigenvalue weighted by Gasteiger charge is -2.36. The molecule has 0 aromatic carbocycles. The molecule has 14 heavy (non-hydrogen) atoms. The fourth-order valence-electron chi connectivity index (χ4n) is 2.02. The van der Waals surface area contributed by atoms with Crippen LogP contribution in [-0.2, 0) is 6.42 Å². The molecule has 0 aliphatic carbocycles. The number of nitrogens with one attached hydrogen (secondary N) is 2. The molecule has 0 unspecified atom stereocenters. The quantitative estimate of drug-likeness (QED) is 0.709. The van der Waals surface area contributed by atoms with Crippen LogP contribution in [0.3, 0.4) is 0 Å². The van der Waals surface area contributed by atoms with Crippen molar-refractivity contribution in [2.24, 2.45) is 0 Å². The van der Waals surface area contributed by atoms with Crippen molar-refractivity contribution >= 4 is 0 Å². The van der Waals surface area contributed by atoms with Crippen LogP contribution < -0.4 is 5.32 Å². The maximum absolute atomic E-state index is 4.03. The summed E-state index contributed by atoms with van der Waals surface area (Å²) < 4.78 is 0. The van der Waals surface area contributed by atoms with Crippen molar-refractivity contribution in [3.63, 3.8) is 0 Å². The lowest BCUT2D eigenvalue weighted by atomic mass is 10.1. The van der Waals surface area contributed by atoms with Gasteiger partial charge in [-0.05, 0) is 14.0 Å². The molecule has 0 radical (unpaired) electrons. The van der Waals surface area contributed by atoms with E-state index in [9.17, 15) is 0 Å². The van der Waals surface area contributed by atoms with Crippen molar-refractivity contribution in [2.75, 3.05) is 20.1 Å². The van der Waals surface area contributed by atoms with Crippen LogP contribution in [0, 0.1) is 0 Å². The van der Waals surface area contributed by atoms with Crippen LogP contribution in [0.1, 0.15) is 12.6 Å². The smallest absolute Gasteiger partial charge is 0.0921 e. The number of aromatic nitrogens is 2. The van der Waals surface area contributed by atoms with Crippen molar-refractivity contribution in [1.29, 1.82) is 0 Å². The first kappa shape index (κ1) is 9.68. The molecule has 78 valence electrons. The minimum Gasteiger partial charge on any atom is -0.348 e. The van der Waals surface area contributed by atoms with E-state index in [1.165, 1.54) is 5.69 Å². The second kappa shape index (κ2) is 4.11. The number of imidazole rings is 1. The highest BCUT2D eigenvalue weighted by Gasteiger charge is 2.22. The monoisotopic (exact) mass is 194 g/mol. The van der Waals surface area contributed by atoms with E-state index in [1.807, 2.05) is 6.20 Å². The Morgan fingerprint density at radius 3 is 3.14 bits per heavy atom. The van der Waals surface area contributed by atoms with Crippen LogP contribution in [0.5, 0.6) is 0 Å². The molecule has 1 fully saturated rings. The molecule has 0 bridgehead atoms. The molecular formula is C10H18N4. The van der Waals surface area contributed by atoms with Crippen molar-refractivity contribution in [3.8, 4) is 0 Å². The van der Waals surface area contributed by atoms with Gasteiger partial charge >= 0.3 is 0 Å². The van der Waals surface area contributed by atoms with Gasteiger partial charge in [-0.25, -0.2) is 4.98 Å². The van der Waals surface area contributed by atoms with Crippen LogP contribution >= 0.6 is 0 Å². The number of aromatic amines is 1. The minimum atomic E-state index is 0.589. The maximum atomic E-state index is 4.03. The Labute approximate surface area is 84.7 Å². The third kappa shape index (κ3) is 2.13. The fraction of sp³-hybridized carbons (Fsp3) is 0.700. The Bertz CT molecular complexity index is 270. The van der Waals surface area contributed by atoms with Crippen LogP contribution in [0.25, 0.3) is 0 Å². The maximum Gasteiger partial charge on any atom is 0.0921 e. The van der Waals surface area contributed by atoms with Crippen LogP contribution in [0.2, 0.25) is 0 Å². The Morgan fingerprint density at radius 2 is 2.50 bits per heavy atom. The van der Waals surface area contributed by atoms with E-state index < -0.39 is 0 Å². The summed E-state index contributed by atoms with van der Waals surface area (Å²) in [4.78, 5) is 9.60. The zero-order valence-corrected chi connectivity index (χ0v) is 8.83. The SMILES string of the molecule is C[C@@H]1CN(C)[C@H](Cc2cnc[nH]2)CN1. The number of likely N-dealkylation sites (N-methyl/N-ethyl adjacent to an activating group) is 1. The van der Waals surface area contributed by atoms with Gasteiger partial charge in [0.25, 0.3) is 0 Å². The average molecular weight is 194 g/mol. The third-order valence-corrected chi connectivity index (χ3v) is 2.90. The summed E-state index contributed by atoms with van der Waals surface area (Å²) in [6.07, 6.45) is 4.70. The molecule has 0 spiro atoms. The van der Waals surface area contributed by atoms with Gasteiger partial charge in [-0.2, -0.15) is 0 Å². The largest absolute Gasteiger partial charge is 0.348 e. The lowest BCUT2D eigenvalue weighted by molar-refractivity contribution is 0.168. The molecule has 0 saturated carbocycles. The van der Waals surface area contributed by atoms with E-state index in [0.29, 0.717) is 12.1 Å². The van der Waals surface area contributed by atoms with Gasteiger partial charge in [0.05, 0.1) is 6.33 Å². The first-order valence-electron chi connectivity index (χ1n) is 5.16. The molecule has 4 nitrogen and oxygen atoms in total. The molecule has 1 aliphatic rings. The zero-order valence-electron chi connectivity index (χ0n) is 8.83. The molecule has 1 aromatic rings. The highest BCUT2D eigenvalue weighted by Crippen LogP contribution is 2.08. The summed E-state index contributed by atoms with van der Waals surface area (Å²) in [6, 6.07) is 1.20. The second-order valence-electron chi connectivity index (χ2n) is 4.18. The number of nitrogens with zero attached hydrogens (tertiary/aromatic N) is 2. The normalized spacial score (nSPS) is 29.3. The Hall–Kier alpha value is -0.870. The van der Waals surface area contributed by atoms with Crippen LogP contribution in [0.15, 0.2) is 12.5 Å². The molecular weight excluding hydrogens is 176 g/mol. The highest BCUT2D eigenvalue weighted by atomic mass is 15.2. The van der Waals surface area contributed by atoms with Gasteiger partial charge in [0.2, 0.25) is 0 Å². The standard InChI is InChI=1S/C10H18N4/c1-8-6-14(2)10(5-12-8)3-9-4-11-7-13-9/h4,7-8,10,12H,3,5-6H2,1-2H3,(H,11,13)/t8-,10-/m1/s1. The van der Waals surface area contributed by atoms with Gasteiger partial charge in [0, 0.05) is 43.5 Å². The minimum absolute atomic E-state index is 0.589. The van der Waals surface area contributed by atoms with E-state index in [2.05, 4.69) is 34.2 Å². The number of hydrogen-bond acceptors (Lipinski definition) is 3. The van der Waals surface area contributed by atoms with E-state index in [1.54, 1.807) is 6.33 Å². The lowest BCUT2D eigenvalue weighted by Crippen LogP contribution is -2.54. The van der Waals surface area contributed by atoms with Crippen molar-refractivity contribution < 1.29 is 0 Å². The van der Waals surface area contributed by atoms with E-state index >= 15 is 0 Å². The summed E-state index contributed by atoms with van der Waals surface area (Å²) >= 11 is 0. The predicted molar refractivity (Wildman–Crippen MR) is 56.2 cm³/mol. The Balaban J connectivity index is 1.92. The molecule has 2 heterocycles. The second-order valence-corrected chi connectivity index (χ2v) is 4.18. The fourth-order valence-corrected chi connectivity index (χ4v) is 2.02. The Kier molecular flexibility index (Phi) is 2.84. The van der Waals surface area contributed by atoms with Crippen molar-refractivity contribution in [3.05, 3.63) is 18.2 Å². The highest BCUT2D eigenvalue weighted by molar-refractivity contribution is 4.99. The number of piperazine rings is 1. The van der Waals surface area contributed by atoms with Crippen LogP contribution in [-0.4, -0.2) is 47.1 Å². The van der Waals surface area contributed by atoms with Gasteiger partial charge in [-0.15, -0.1) is 0 Å². The summed E-state index contributed by atoms with van der Waals surface area (Å²) in [5.41, 5.74) is 1.22. The molecule has 1 saturated heterocycles. The van der Waals surface area contributed by atoms with E-state index in [4.69, 9.17) is 0 Å². The first-order chi connectivity index (χ1) is 6.75. The summed E-state index contributed by atoms with van der Waals surface area (Å²) in [6.45, 7) is 4.42. The average Bonchev–Trinajstić information content (AvgIpc) is 2.62. The summed E-state index contributed by atoms with van der Waals surface area (Å²) in [5, 5.41) is 3.50. The van der Waals surface area contributed by atoms with Gasteiger partial charge in [-0.3, -0.25) is 0 Å². The summed E-state index contributed by atoms with van der Waals surface area (Å²) in [7, 11) is 2.19. The molecule has 1 aromatic heterocycles. The molecule has 0 amide bonds. The zero-order chi connectivity index (χ0) is 9.97. The molecule has 1 aliphatic heterocycles. The predicted octanol–water partition coefficient (Wildman–Crippen LogP) is 0.244. The number of rotatable bonds is 2.